The predicted octanol–water partition coefficient (Wildman–Crippen LogP) is 2.38. The van der Waals surface area contributed by atoms with Gasteiger partial charge in [0.05, 0.1) is 16.7 Å². The Labute approximate surface area is 125 Å². The quantitative estimate of drug-likeness (QED) is 0.676. The number of nitrogens with one attached hydrogen (secondary N) is 1. The molecule has 1 aromatic rings. The van der Waals surface area contributed by atoms with Gasteiger partial charge >= 0.3 is 0 Å². The van der Waals surface area contributed by atoms with Crippen LogP contribution in [-0.2, 0) is 4.79 Å². The molecule has 0 aromatic heterocycles. The first-order chi connectivity index (χ1) is 9.45. The number of benzene rings is 1. The summed E-state index contributed by atoms with van der Waals surface area (Å²) in [4.78, 5) is 24.6. The van der Waals surface area contributed by atoms with Crippen LogP contribution in [0, 0.1) is 17.0 Å². The highest BCUT2D eigenvalue weighted by Gasteiger charge is 2.30. The molecule has 108 valence electrons. The molecule has 2 rings (SSSR count). The zero-order chi connectivity index (χ0) is 14.9. The van der Waals surface area contributed by atoms with Crippen LogP contribution in [0.1, 0.15) is 18.4 Å². The van der Waals surface area contributed by atoms with E-state index in [2.05, 4.69) is 21.2 Å². The van der Waals surface area contributed by atoms with Gasteiger partial charge in [-0.3, -0.25) is 14.9 Å². The zero-order valence-corrected chi connectivity index (χ0v) is 12.9. The van der Waals surface area contributed by atoms with Crippen molar-refractivity contribution in [2.45, 2.75) is 25.8 Å². The SMILES string of the molecule is CNC1CCCN(c2cc([N+](=O)[O-])c(C)cc2Br)C1=O. The first kappa shape index (κ1) is 14.9. The number of nitro benzene ring substituents is 1. The highest BCUT2D eigenvalue weighted by molar-refractivity contribution is 9.10. The molecule has 6 nitrogen and oxygen atoms in total. The number of anilines is 1. The summed E-state index contributed by atoms with van der Waals surface area (Å²) in [6.45, 7) is 2.26. The summed E-state index contributed by atoms with van der Waals surface area (Å²) >= 11 is 3.40. The van der Waals surface area contributed by atoms with Crippen LogP contribution in [0.3, 0.4) is 0 Å². The van der Waals surface area contributed by atoms with E-state index < -0.39 is 4.92 Å². The van der Waals surface area contributed by atoms with E-state index in [0.29, 0.717) is 22.3 Å². The second kappa shape index (κ2) is 5.88. The number of nitrogens with zero attached hydrogens (tertiary/aromatic N) is 2. The molecule has 1 aliphatic rings. The fraction of sp³-hybridized carbons (Fsp3) is 0.462. The van der Waals surface area contributed by atoms with Crippen molar-refractivity contribution in [2.75, 3.05) is 18.5 Å². The molecule has 1 amide bonds. The smallest absolute Gasteiger partial charge is 0.274 e. The topological polar surface area (TPSA) is 75.5 Å². The molecule has 0 bridgehead atoms. The van der Waals surface area contributed by atoms with Gasteiger partial charge in [-0.15, -0.1) is 0 Å². The molecule has 1 atom stereocenters. The van der Waals surface area contributed by atoms with E-state index in [-0.39, 0.29) is 17.6 Å². The Kier molecular flexibility index (Phi) is 4.39. The maximum absolute atomic E-state index is 12.3. The summed E-state index contributed by atoms with van der Waals surface area (Å²) in [5.74, 6) is -0.0439. The van der Waals surface area contributed by atoms with Gasteiger partial charge in [0, 0.05) is 22.6 Å². The van der Waals surface area contributed by atoms with Gasteiger partial charge in [0.25, 0.3) is 5.69 Å². The van der Waals surface area contributed by atoms with Crippen LogP contribution in [0.4, 0.5) is 11.4 Å². The first-order valence-corrected chi connectivity index (χ1v) is 7.18. The molecule has 1 N–H and O–H groups in total. The van der Waals surface area contributed by atoms with Crippen LogP contribution in [0.25, 0.3) is 0 Å². The molecular formula is C13H16BrN3O3. The van der Waals surface area contributed by atoms with Crippen molar-refractivity contribution in [1.29, 1.82) is 0 Å². The number of likely N-dealkylation sites (N-methyl/N-ethyl adjacent to an activating group) is 1. The molecule has 0 aliphatic carbocycles. The van der Waals surface area contributed by atoms with Gasteiger partial charge in [-0.2, -0.15) is 0 Å². The van der Waals surface area contributed by atoms with Crippen molar-refractivity contribution in [3.05, 3.63) is 32.3 Å². The van der Waals surface area contributed by atoms with Crippen LogP contribution in [0.5, 0.6) is 0 Å². The van der Waals surface area contributed by atoms with Crippen LogP contribution >= 0.6 is 15.9 Å². The molecule has 1 fully saturated rings. The van der Waals surface area contributed by atoms with Gasteiger partial charge < -0.3 is 10.2 Å². The Morgan fingerprint density at radius 1 is 1.50 bits per heavy atom. The third-order valence-corrected chi connectivity index (χ3v) is 4.18. The minimum Gasteiger partial charge on any atom is -0.310 e. The summed E-state index contributed by atoms with van der Waals surface area (Å²) < 4.78 is 0.700. The Bertz CT molecular complexity index is 562. The molecule has 7 heteroatoms. The molecule has 1 aromatic carbocycles. The summed E-state index contributed by atoms with van der Waals surface area (Å²) in [5.41, 5.74) is 1.16. The predicted molar refractivity (Wildman–Crippen MR) is 80.0 cm³/mol. The number of amides is 1. The van der Waals surface area contributed by atoms with Gasteiger partial charge in [0.1, 0.15) is 0 Å². The molecule has 1 aliphatic heterocycles. The monoisotopic (exact) mass is 341 g/mol. The second-order valence-corrected chi connectivity index (χ2v) is 5.67. The van der Waals surface area contributed by atoms with Crippen molar-refractivity contribution >= 4 is 33.2 Å². The summed E-state index contributed by atoms with van der Waals surface area (Å²) in [6.07, 6.45) is 1.66. The van der Waals surface area contributed by atoms with Crippen LogP contribution < -0.4 is 10.2 Å². The van der Waals surface area contributed by atoms with E-state index in [4.69, 9.17) is 0 Å². The number of aryl methyl sites for hydroxylation is 1. The Hall–Kier alpha value is -1.47. The Morgan fingerprint density at radius 3 is 2.80 bits per heavy atom. The molecule has 0 saturated carbocycles. The van der Waals surface area contributed by atoms with E-state index in [1.54, 1.807) is 24.9 Å². The largest absolute Gasteiger partial charge is 0.310 e. The average molecular weight is 342 g/mol. The minimum absolute atomic E-state index is 0.0302. The maximum atomic E-state index is 12.3. The fourth-order valence-electron chi connectivity index (χ4n) is 2.44. The summed E-state index contributed by atoms with van der Waals surface area (Å²) in [5, 5.41) is 14.0. The minimum atomic E-state index is -0.421. The molecule has 20 heavy (non-hydrogen) atoms. The highest BCUT2D eigenvalue weighted by atomic mass is 79.9. The maximum Gasteiger partial charge on any atom is 0.274 e. The lowest BCUT2D eigenvalue weighted by Gasteiger charge is -2.32. The van der Waals surface area contributed by atoms with Crippen molar-refractivity contribution in [3.8, 4) is 0 Å². The number of rotatable bonds is 3. The normalized spacial score (nSPS) is 19.2. The van der Waals surface area contributed by atoms with Gasteiger partial charge in [0.2, 0.25) is 5.91 Å². The average Bonchev–Trinajstić information content (AvgIpc) is 2.39. The van der Waals surface area contributed by atoms with E-state index in [0.717, 1.165) is 12.8 Å². The fourth-order valence-corrected chi connectivity index (χ4v) is 3.11. The van der Waals surface area contributed by atoms with Crippen LogP contribution in [-0.4, -0.2) is 30.5 Å². The van der Waals surface area contributed by atoms with E-state index in [1.807, 2.05) is 0 Å². The van der Waals surface area contributed by atoms with Crippen molar-refractivity contribution in [1.82, 2.24) is 5.32 Å². The van der Waals surface area contributed by atoms with Crippen LogP contribution in [0.15, 0.2) is 16.6 Å². The van der Waals surface area contributed by atoms with Crippen molar-refractivity contribution in [3.63, 3.8) is 0 Å². The lowest BCUT2D eigenvalue weighted by Crippen LogP contribution is -2.49. The Balaban J connectivity index is 2.44. The van der Waals surface area contributed by atoms with Crippen molar-refractivity contribution < 1.29 is 9.72 Å². The van der Waals surface area contributed by atoms with Gasteiger partial charge in [-0.05, 0) is 48.8 Å². The number of hydrogen-bond donors (Lipinski definition) is 1. The number of carbonyl (C=O) groups is 1. The first-order valence-electron chi connectivity index (χ1n) is 6.39. The molecule has 1 saturated heterocycles. The van der Waals surface area contributed by atoms with E-state index in [9.17, 15) is 14.9 Å². The zero-order valence-electron chi connectivity index (χ0n) is 11.4. The standard InChI is InChI=1S/C13H16BrN3O3/c1-8-6-9(14)12(7-11(8)17(19)20)16-5-3-4-10(15-2)13(16)18/h6-7,10,15H,3-5H2,1-2H3. The highest BCUT2D eigenvalue weighted by Crippen LogP contribution is 2.34. The summed E-state index contributed by atoms with van der Waals surface area (Å²) in [6, 6.07) is 2.93. The van der Waals surface area contributed by atoms with E-state index >= 15 is 0 Å². The molecular weight excluding hydrogens is 326 g/mol. The summed E-state index contributed by atoms with van der Waals surface area (Å²) in [7, 11) is 1.75. The molecule has 1 unspecified atom stereocenters. The van der Waals surface area contributed by atoms with Gasteiger partial charge in [0.15, 0.2) is 0 Å². The third kappa shape index (κ3) is 2.69. The second-order valence-electron chi connectivity index (χ2n) is 4.82. The number of nitro groups is 1. The van der Waals surface area contributed by atoms with Gasteiger partial charge in [-0.1, -0.05) is 0 Å². The lowest BCUT2D eigenvalue weighted by atomic mass is 10.0. The molecule has 0 spiro atoms. The van der Waals surface area contributed by atoms with Gasteiger partial charge in [-0.25, -0.2) is 0 Å². The third-order valence-electron chi connectivity index (χ3n) is 3.54. The number of piperidine rings is 1. The van der Waals surface area contributed by atoms with Crippen LogP contribution in [0.2, 0.25) is 0 Å². The lowest BCUT2D eigenvalue weighted by molar-refractivity contribution is -0.385. The van der Waals surface area contributed by atoms with E-state index in [1.165, 1.54) is 6.07 Å². The molecule has 0 radical (unpaired) electrons. The van der Waals surface area contributed by atoms with Crippen molar-refractivity contribution in [2.24, 2.45) is 0 Å². The molecule has 1 heterocycles. The number of hydrogen-bond acceptors (Lipinski definition) is 4. The number of halogens is 1. The number of carbonyl (C=O) groups excluding carboxylic acids is 1. The Morgan fingerprint density at radius 2 is 2.20 bits per heavy atom.